The summed E-state index contributed by atoms with van der Waals surface area (Å²) in [5.74, 6) is 1.61. The molecule has 1 aromatic heterocycles. The van der Waals surface area contributed by atoms with E-state index < -0.39 is 0 Å². The monoisotopic (exact) mass is 321 g/mol. The second-order valence-corrected chi connectivity index (χ2v) is 6.53. The van der Waals surface area contributed by atoms with Gasteiger partial charge in [0.2, 0.25) is 0 Å². The van der Waals surface area contributed by atoms with Crippen molar-refractivity contribution in [2.75, 3.05) is 13.1 Å². The normalized spacial score (nSPS) is 19.8. The van der Waals surface area contributed by atoms with Crippen LogP contribution in [0.2, 0.25) is 0 Å². The lowest BCUT2D eigenvalue weighted by Crippen LogP contribution is -2.43. The topological polar surface area (TPSA) is 77.8 Å². The maximum absolute atomic E-state index is 9.04. The van der Waals surface area contributed by atoms with Gasteiger partial charge in [-0.15, -0.1) is 11.3 Å². The van der Waals surface area contributed by atoms with Crippen molar-refractivity contribution in [2.24, 2.45) is 15.7 Å². The lowest BCUT2D eigenvalue weighted by molar-refractivity contribution is 0.583. The summed E-state index contributed by atoms with van der Waals surface area (Å²) >= 11 is 1.68. The number of hydrogen-bond acceptors (Lipinski definition) is 6. The predicted molar refractivity (Wildman–Crippen MR) is 92.5 cm³/mol. The molecular formula is C17H15N5S. The quantitative estimate of drug-likeness (QED) is 0.924. The molecule has 2 aliphatic rings. The number of rotatable bonds is 2. The minimum Gasteiger partial charge on any atom is -0.369 e. The van der Waals surface area contributed by atoms with Gasteiger partial charge in [0.05, 0.1) is 24.2 Å². The molecule has 2 aliphatic heterocycles. The van der Waals surface area contributed by atoms with Gasteiger partial charge in [-0.2, -0.15) is 5.26 Å². The van der Waals surface area contributed by atoms with Crippen molar-refractivity contribution < 1.29 is 0 Å². The minimum atomic E-state index is 0.0426. The first-order chi connectivity index (χ1) is 11.2. The molecule has 0 spiro atoms. The van der Waals surface area contributed by atoms with Gasteiger partial charge in [-0.05, 0) is 34.7 Å². The highest BCUT2D eigenvalue weighted by Crippen LogP contribution is 2.35. The summed E-state index contributed by atoms with van der Waals surface area (Å²) in [4.78, 5) is 12.3. The number of amidine groups is 1. The van der Waals surface area contributed by atoms with E-state index in [1.165, 1.54) is 4.88 Å². The number of nitrogens with zero attached hydrogens (tertiary/aromatic N) is 4. The molecule has 2 N–H and O–H groups in total. The van der Waals surface area contributed by atoms with E-state index in [9.17, 15) is 0 Å². The van der Waals surface area contributed by atoms with Crippen LogP contribution in [0, 0.1) is 11.3 Å². The first-order valence-electron chi connectivity index (χ1n) is 7.48. The van der Waals surface area contributed by atoms with Crippen LogP contribution in [0.4, 0.5) is 0 Å². The molecule has 0 radical (unpaired) electrons. The van der Waals surface area contributed by atoms with E-state index in [2.05, 4.69) is 27.5 Å². The van der Waals surface area contributed by atoms with Gasteiger partial charge >= 0.3 is 0 Å². The maximum Gasteiger partial charge on any atom is 0.197 e. The van der Waals surface area contributed by atoms with Crippen LogP contribution in [0.1, 0.15) is 22.9 Å². The first kappa shape index (κ1) is 14.0. The van der Waals surface area contributed by atoms with Crippen LogP contribution < -0.4 is 5.73 Å². The van der Waals surface area contributed by atoms with Crippen LogP contribution >= 0.6 is 11.3 Å². The second kappa shape index (κ2) is 5.52. The van der Waals surface area contributed by atoms with Gasteiger partial charge in [-0.3, -0.25) is 9.89 Å². The summed E-state index contributed by atoms with van der Waals surface area (Å²) in [5, 5.41) is 11.1. The molecule has 0 amide bonds. The minimum absolute atomic E-state index is 0.0426. The van der Waals surface area contributed by atoms with E-state index in [-0.39, 0.29) is 6.04 Å². The molecule has 4 rings (SSSR count). The number of hydrogen-bond donors (Lipinski definition) is 1. The third-order valence-corrected chi connectivity index (χ3v) is 5.18. The van der Waals surface area contributed by atoms with Crippen LogP contribution in [-0.2, 0) is 0 Å². The third-order valence-electron chi connectivity index (χ3n) is 4.14. The molecule has 5 nitrogen and oxygen atoms in total. The molecule has 1 aromatic carbocycles. The summed E-state index contributed by atoms with van der Waals surface area (Å²) < 4.78 is 0. The summed E-state index contributed by atoms with van der Waals surface area (Å²) in [7, 11) is 0. The molecular weight excluding hydrogens is 306 g/mol. The fourth-order valence-corrected chi connectivity index (χ4v) is 3.93. The SMILES string of the molecule is N#Cc1cccc(-c2csc([C@@H]3CC4=NCCN4C(N)=N3)c2)c1. The number of fused-ring (bicyclic) bond motifs is 1. The highest BCUT2D eigenvalue weighted by molar-refractivity contribution is 7.10. The lowest BCUT2D eigenvalue weighted by atomic mass is 10.0. The van der Waals surface area contributed by atoms with E-state index in [4.69, 9.17) is 11.0 Å². The fraction of sp³-hybridized carbons (Fsp3) is 0.235. The van der Waals surface area contributed by atoms with Crippen molar-refractivity contribution in [1.29, 1.82) is 5.26 Å². The van der Waals surface area contributed by atoms with E-state index in [0.717, 1.165) is 36.5 Å². The van der Waals surface area contributed by atoms with Crippen molar-refractivity contribution in [3.63, 3.8) is 0 Å². The van der Waals surface area contributed by atoms with Gasteiger partial charge in [0.1, 0.15) is 5.84 Å². The fourth-order valence-electron chi connectivity index (χ4n) is 2.97. The van der Waals surface area contributed by atoms with Gasteiger partial charge in [-0.1, -0.05) is 12.1 Å². The lowest BCUT2D eigenvalue weighted by Gasteiger charge is -2.27. The number of thiophene rings is 1. The Morgan fingerprint density at radius 2 is 2.22 bits per heavy atom. The predicted octanol–water partition coefficient (Wildman–Crippen LogP) is 2.76. The number of aliphatic imine (C=N–C) groups is 2. The molecule has 1 atom stereocenters. The summed E-state index contributed by atoms with van der Waals surface area (Å²) in [6, 6.07) is 12.0. The molecule has 6 heteroatoms. The van der Waals surface area contributed by atoms with Crippen molar-refractivity contribution in [2.45, 2.75) is 12.5 Å². The standard InChI is InChI=1S/C17H15N5S/c18-9-11-2-1-3-12(6-11)13-7-15(23-10-13)14-8-16-20-4-5-22(16)17(19)21-14/h1-3,6-7,10,14H,4-5,8H2,(H2,19,21)/t14-/m0/s1. The molecule has 0 bridgehead atoms. The largest absolute Gasteiger partial charge is 0.369 e. The molecule has 0 saturated carbocycles. The van der Waals surface area contributed by atoms with Gasteiger partial charge in [0.15, 0.2) is 5.96 Å². The second-order valence-electron chi connectivity index (χ2n) is 5.59. The van der Waals surface area contributed by atoms with Gasteiger partial charge < -0.3 is 5.73 Å². The van der Waals surface area contributed by atoms with Crippen molar-refractivity contribution in [3.05, 3.63) is 46.2 Å². The molecule has 0 aliphatic carbocycles. The summed E-state index contributed by atoms with van der Waals surface area (Å²) in [6.07, 6.45) is 0.804. The Labute approximate surface area is 138 Å². The maximum atomic E-state index is 9.04. The van der Waals surface area contributed by atoms with Crippen LogP contribution in [0.5, 0.6) is 0 Å². The van der Waals surface area contributed by atoms with Gasteiger partial charge in [0.25, 0.3) is 0 Å². The average molecular weight is 321 g/mol. The van der Waals surface area contributed by atoms with E-state index in [0.29, 0.717) is 11.5 Å². The number of nitriles is 1. The van der Waals surface area contributed by atoms with Crippen LogP contribution in [0.25, 0.3) is 11.1 Å². The first-order valence-corrected chi connectivity index (χ1v) is 8.35. The number of guanidine groups is 1. The van der Waals surface area contributed by atoms with Crippen molar-refractivity contribution in [3.8, 4) is 17.2 Å². The smallest absolute Gasteiger partial charge is 0.197 e. The van der Waals surface area contributed by atoms with Crippen molar-refractivity contribution in [1.82, 2.24) is 4.90 Å². The Kier molecular flexibility index (Phi) is 3.36. The zero-order chi connectivity index (χ0) is 15.8. The van der Waals surface area contributed by atoms with E-state index in [1.807, 2.05) is 29.2 Å². The molecule has 2 aromatic rings. The molecule has 0 unspecified atom stereocenters. The Bertz CT molecular complexity index is 858. The van der Waals surface area contributed by atoms with Crippen LogP contribution in [-0.4, -0.2) is 29.8 Å². The van der Waals surface area contributed by atoms with Gasteiger partial charge in [0, 0.05) is 17.8 Å². The molecule has 0 saturated heterocycles. The van der Waals surface area contributed by atoms with Crippen LogP contribution in [0.15, 0.2) is 45.7 Å². The zero-order valence-electron chi connectivity index (χ0n) is 12.4. The molecule has 0 fully saturated rings. The number of benzene rings is 1. The summed E-state index contributed by atoms with van der Waals surface area (Å²) in [6.45, 7) is 1.64. The third kappa shape index (κ3) is 2.49. The number of nitrogens with two attached hydrogens (primary N) is 1. The Balaban J connectivity index is 1.64. The molecule has 114 valence electrons. The highest BCUT2D eigenvalue weighted by atomic mass is 32.1. The average Bonchev–Trinajstić information content (AvgIpc) is 3.24. The van der Waals surface area contributed by atoms with E-state index in [1.54, 1.807) is 11.3 Å². The molecule has 23 heavy (non-hydrogen) atoms. The van der Waals surface area contributed by atoms with E-state index >= 15 is 0 Å². The Hall–Kier alpha value is -2.65. The van der Waals surface area contributed by atoms with Crippen LogP contribution in [0.3, 0.4) is 0 Å². The van der Waals surface area contributed by atoms with Crippen molar-refractivity contribution >= 4 is 23.1 Å². The zero-order valence-corrected chi connectivity index (χ0v) is 13.3. The molecule has 3 heterocycles. The Morgan fingerprint density at radius 3 is 3.09 bits per heavy atom. The highest BCUT2D eigenvalue weighted by Gasteiger charge is 2.29. The summed E-state index contributed by atoms with van der Waals surface area (Å²) in [5.41, 5.74) is 8.91. The van der Waals surface area contributed by atoms with Gasteiger partial charge in [-0.25, -0.2) is 4.99 Å². The Morgan fingerprint density at radius 1 is 1.30 bits per heavy atom.